The summed E-state index contributed by atoms with van der Waals surface area (Å²) < 4.78 is 42.0. The van der Waals surface area contributed by atoms with E-state index in [4.69, 9.17) is 28.0 Å². The summed E-state index contributed by atoms with van der Waals surface area (Å²) in [4.78, 5) is 35.6. The highest BCUT2D eigenvalue weighted by Crippen LogP contribution is 2.51. The minimum absolute atomic E-state index is 0.00449. The molecule has 2 N–H and O–H groups in total. The Morgan fingerprint density at radius 3 is 2.15 bits per heavy atom. The third-order valence-corrected chi connectivity index (χ3v) is 13.1. The Morgan fingerprint density at radius 2 is 1.54 bits per heavy atom. The van der Waals surface area contributed by atoms with Crippen LogP contribution < -0.4 is 25.8 Å². The van der Waals surface area contributed by atoms with E-state index in [1.54, 1.807) is 50.9 Å². The third-order valence-electron chi connectivity index (χ3n) is 11.0. The summed E-state index contributed by atoms with van der Waals surface area (Å²) in [6.45, 7) is 8.45. The molecular weight excluding hydrogens is 846 g/mol. The Bertz CT molecular complexity index is 2550. The summed E-state index contributed by atoms with van der Waals surface area (Å²) in [6.07, 6.45) is 1.41. The van der Waals surface area contributed by atoms with Crippen molar-refractivity contribution in [1.82, 2.24) is 19.2 Å². The zero-order chi connectivity index (χ0) is 45.9. The van der Waals surface area contributed by atoms with E-state index in [0.717, 1.165) is 27.6 Å². The number of ether oxygens (including phenoxy) is 4. The van der Waals surface area contributed by atoms with Gasteiger partial charge in [0.25, 0.3) is 8.53 Å². The fourth-order valence-corrected chi connectivity index (χ4v) is 9.77. The number of rotatable bonds is 19. The van der Waals surface area contributed by atoms with E-state index in [-0.39, 0.29) is 44.0 Å². The number of benzene rings is 4. The first-order valence-electron chi connectivity index (χ1n) is 21.4. The molecule has 7 rings (SSSR count). The molecule has 338 valence electrons. The van der Waals surface area contributed by atoms with Crippen LogP contribution in [-0.2, 0) is 24.1 Å². The molecule has 0 aliphatic carbocycles. The molecule has 1 aliphatic rings. The maximum absolute atomic E-state index is 13.9. The summed E-state index contributed by atoms with van der Waals surface area (Å²) in [6, 6.07) is 37.7. The second-order valence-corrected chi connectivity index (χ2v) is 17.2. The third kappa shape index (κ3) is 10.8. The van der Waals surface area contributed by atoms with E-state index in [2.05, 4.69) is 59.0 Å². The van der Waals surface area contributed by atoms with Crippen LogP contribution in [0.25, 0.3) is 10.9 Å². The number of methoxy groups -OCH3 is 2. The Hall–Kier alpha value is -6.24. The molecule has 2 aromatic heterocycles. The number of anilines is 2. The molecule has 2 amide bonds. The summed E-state index contributed by atoms with van der Waals surface area (Å²) >= 11 is 0. The molecule has 6 aromatic rings. The van der Waals surface area contributed by atoms with Gasteiger partial charge in [-0.1, -0.05) is 60.7 Å². The molecule has 1 fully saturated rings. The number of pyridine rings is 1. The van der Waals surface area contributed by atoms with Crippen molar-refractivity contribution in [1.29, 1.82) is 5.26 Å². The first-order valence-corrected chi connectivity index (χ1v) is 22.6. The molecule has 1 saturated heterocycles. The van der Waals surface area contributed by atoms with Gasteiger partial charge in [0.05, 0.1) is 57.2 Å². The van der Waals surface area contributed by atoms with Crippen molar-refractivity contribution >= 4 is 37.0 Å². The molecule has 0 bridgehead atoms. The standard InChI is InChI=1S/C49H54N7O8P/c1-33(2)56(34(3)4)65(62-30-12-27-50)64-43-31-46(55-29-26-45(54-48(55)58)53-47(57)52-42-17-10-16-41-40(42)15-11-28-51-41)63-44(43)32-61-49(35-13-8-7-9-14-35,36-18-22-38(59-5)23-19-36)37-20-24-39(60-6)25-21-37/h7-11,13-26,28-29,33-34,43-44,46H,12,30-32H2,1-6H3,(H2,52,53,54,57,58)/t43-,44+,46+,65?/m0/s1. The highest BCUT2D eigenvalue weighted by molar-refractivity contribution is 7.44. The van der Waals surface area contributed by atoms with Gasteiger partial charge >= 0.3 is 11.7 Å². The smallest absolute Gasteiger partial charge is 0.351 e. The van der Waals surface area contributed by atoms with Crippen molar-refractivity contribution in [3.05, 3.63) is 155 Å². The summed E-state index contributed by atoms with van der Waals surface area (Å²) in [7, 11) is 1.53. The van der Waals surface area contributed by atoms with Crippen LogP contribution in [0.4, 0.5) is 16.3 Å². The van der Waals surface area contributed by atoms with Crippen LogP contribution >= 0.6 is 8.53 Å². The molecule has 3 heterocycles. The van der Waals surface area contributed by atoms with E-state index in [1.165, 1.54) is 4.57 Å². The summed E-state index contributed by atoms with van der Waals surface area (Å²) in [5.74, 6) is 1.43. The lowest BCUT2D eigenvalue weighted by atomic mass is 9.80. The van der Waals surface area contributed by atoms with Crippen LogP contribution in [0, 0.1) is 11.3 Å². The van der Waals surface area contributed by atoms with Crippen LogP contribution in [0.5, 0.6) is 11.5 Å². The topological polar surface area (TPSA) is 171 Å². The zero-order valence-electron chi connectivity index (χ0n) is 37.3. The lowest BCUT2D eigenvalue weighted by Gasteiger charge is -2.39. The lowest BCUT2D eigenvalue weighted by Crippen LogP contribution is -2.39. The Kier molecular flexibility index (Phi) is 15.6. The van der Waals surface area contributed by atoms with Gasteiger partial charge in [-0.15, -0.1) is 0 Å². The number of hydrogen-bond donors (Lipinski definition) is 2. The molecule has 4 atom stereocenters. The normalized spacial score (nSPS) is 16.7. The second-order valence-electron chi connectivity index (χ2n) is 15.8. The van der Waals surface area contributed by atoms with Gasteiger partial charge < -0.3 is 33.3 Å². The Balaban J connectivity index is 1.22. The number of fused-ring (bicyclic) bond motifs is 1. The fraction of sp³-hybridized carbons (Fsp3) is 0.327. The minimum Gasteiger partial charge on any atom is -0.497 e. The van der Waals surface area contributed by atoms with Gasteiger partial charge in [0.15, 0.2) is 0 Å². The fourth-order valence-electron chi connectivity index (χ4n) is 8.01. The van der Waals surface area contributed by atoms with E-state index >= 15 is 0 Å². The molecule has 1 aliphatic heterocycles. The van der Waals surface area contributed by atoms with Crippen molar-refractivity contribution in [3.8, 4) is 17.6 Å². The van der Waals surface area contributed by atoms with Gasteiger partial charge in [-0.2, -0.15) is 10.2 Å². The van der Waals surface area contributed by atoms with E-state index in [0.29, 0.717) is 17.2 Å². The second kappa shape index (κ2) is 21.6. The van der Waals surface area contributed by atoms with Crippen molar-refractivity contribution in [2.24, 2.45) is 0 Å². The number of nitriles is 1. The first kappa shape index (κ1) is 46.7. The maximum Gasteiger partial charge on any atom is 0.351 e. The molecule has 65 heavy (non-hydrogen) atoms. The number of carbonyl (C=O) groups excluding carboxylic acids is 1. The van der Waals surface area contributed by atoms with E-state index in [9.17, 15) is 14.9 Å². The molecule has 4 aromatic carbocycles. The minimum atomic E-state index is -1.72. The summed E-state index contributed by atoms with van der Waals surface area (Å²) in [5, 5.41) is 15.7. The molecule has 15 nitrogen and oxygen atoms in total. The van der Waals surface area contributed by atoms with Crippen LogP contribution in [-0.4, -0.2) is 77.0 Å². The zero-order valence-corrected chi connectivity index (χ0v) is 38.2. The largest absolute Gasteiger partial charge is 0.497 e. The predicted octanol–water partition coefficient (Wildman–Crippen LogP) is 9.41. The highest BCUT2D eigenvalue weighted by atomic mass is 31.2. The molecular formula is C49H54N7O8P. The highest BCUT2D eigenvalue weighted by Gasteiger charge is 2.45. The van der Waals surface area contributed by atoms with Gasteiger partial charge in [-0.3, -0.25) is 14.9 Å². The molecule has 0 radical (unpaired) electrons. The van der Waals surface area contributed by atoms with Crippen molar-refractivity contribution in [2.45, 2.75) is 76.7 Å². The Morgan fingerprint density at radius 1 is 0.877 bits per heavy atom. The summed E-state index contributed by atoms with van der Waals surface area (Å²) in [5.41, 5.74) is 1.99. The van der Waals surface area contributed by atoms with E-state index < -0.39 is 44.3 Å². The maximum atomic E-state index is 13.9. The number of amides is 2. The van der Waals surface area contributed by atoms with Crippen molar-refractivity contribution in [2.75, 3.05) is 38.1 Å². The molecule has 1 unspecified atom stereocenters. The van der Waals surface area contributed by atoms with Crippen LogP contribution in [0.3, 0.4) is 0 Å². The molecule has 0 saturated carbocycles. The number of urea groups is 1. The predicted molar refractivity (Wildman–Crippen MR) is 250 cm³/mol. The van der Waals surface area contributed by atoms with Gasteiger partial charge in [0.1, 0.15) is 35.2 Å². The first-order chi connectivity index (χ1) is 31.5. The average molecular weight is 900 g/mol. The molecule has 16 heteroatoms. The number of hydrogen-bond acceptors (Lipinski definition) is 12. The van der Waals surface area contributed by atoms with Gasteiger partial charge in [-0.05, 0) is 99.0 Å². The van der Waals surface area contributed by atoms with Crippen LogP contribution in [0.1, 0.15) is 63.5 Å². The molecule has 0 spiro atoms. The number of nitrogens with one attached hydrogen (secondary N) is 2. The van der Waals surface area contributed by atoms with Crippen molar-refractivity contribution < 1.29 is 32.8 Å². The van der Waals surface area contributed by atoms with Crippen molar-refractivity contribution in [3.63, 3.8) is 0 Å². The van der Waals surface area contributed by atoms with Crippen LogP contribution in [0.15, 0.2) is 132 Å². The van der Waals surface area contributed by atoms with Gasteiger partial charge in [0.2, 0.25) is 0 Å². The van der Waals surface area contributed by atoms with Gasteiger partial charge in [-0.25, -0.2) is 14.3 Å². The average Bonchev–Trinajstić information content (AvgIpc) is 3.71. The van der Waals surface area contributed by atoms with Crippen LogP contribution in [0.2, 0.25) is 0 Å². The number of nitrogens with zero attached hydrogens (tertiary/aromatic N) is 5. The quantitative estimate of drug-likeness (QED) is 0.0449. The number of carbonyl (C=O) groups is 1. The SMILES string of the molecule is COc1ccc(C(OC[C@H]2O[C@@H](n3ccc(NC(=O)Nc4cccc5ncccc45)nc3=O)C[C@@H]2OP(OCCC#N)N(C(C)C)C(C)C)(c2ccccc2)c2ccc(OC)cc2)cc1. The van der Waals surface area contributed by atoms with E-state index in [1.807, 2.05) is 91.0 Å². The monoisotopic (exact) mass is 899 g/mol. The Labute approximate surface area is 380 Å². The number of aromatic nitrogens is 3. The van der Waals surface area contributed by atoms with Gasteiger partial charge in [0, 0.05) is 36.3 Å². The lowest BCUT2D eigenvalue weighted by molar-refractivity contribution is -0.0925.